The molecule has 7 heteroatoms. The van der Waals surface area contributed by atoms with E-state index in [1.807, 2.05) is 24.9 Å². The molecule has 7 nitrogen and oxygen atoms in total. The molecule has 2 aromatic rings. The van der Waals surface area contributed by atoms with E-state index in [1.165, 1.54) is 5.56 Å². The van der Waals surface area contributed by atoms with Crippen LogP contribution in [0.2, 0.25) is 0 Å². The van der Waals surface area contributed by atoms with Crippen LogP contribution in [0.4, 0.5) is 0 Å². The number of rotatable bonds is 5. The lowest BCUT2D eigenvalue weighted by Crippen LogP contribution is -2.20. The third kappa shape index (κ3) is 2.73. The predicted molar refractivity (Wildman–Crippen MR) is 66.7 cm³/mol. The monoisotopic (exact) mass is 249 g/mol. The molecule has 2 aromatic heterocycles. The summed E-state index contributed by atoms with van der Waals surface area (Å²) >= 11 is 0. The maximum absolute atomic E-state index is 4.48. The quantitative estimate of drug-likeness (QED) is 0.822. The Morgan fingerprint density at radius 1 is 1.39 bits per heavy atom. The van der Waals surface area contributed by atoms with Gasteiger partial charge in [-0.3, -0.25) is 4.68 Å². The summed E-state index contributed by atoms with van der Waals surface area (Å²) in [4.78, 5) is 0. The van der Waals surface area contributed by atoms with Crippen molar-refractivity contribution in [2.75, 3.05) is 0 Å². The molecule has 1 atom stereocenters. The number of hydrogen-bond donors (Lipinski definition) is 2. The first kappa shape index (κ1) is 12.7. The van der Waals surface area contributed by atoms with E-state index in [2.05, 4.69) is 44.9 Å². The molecule has 2 N–H and O–H groups in total. The average molecular weight is 249 g/mol. The minimum Gasteiger partial charge on any atom is -0.303 e. The third-order valence-corrected chi connectivity index (χ3v) is 2.83. The standard InChI is InChI=1S/C11H19N7/c1-7(2)10-9(6-18(4)15-10)5-12-8(3)11-13-16-17-14-11/h6-8,12H,5H2,1-4H3,(H,13,14,16,17). The molecule has 0 radical (unpaired) electrons. The second kappa shape index (κ2) is 5.26. The van der Waals surface area contributed by atoms with Gasteiger partial charge >= 0.3 is 0 Å². The molecule has 0 saturated carbocycles. The fourth-order valence-electron chi connectivity index (χ4n) is 1.88. The second-order valence-corrected chi connectivity index (χ2v) is 4.74. The van der Waals surface area contributed by atoms with Crippen LogP contribution in [0, 0.1) is 0 Å². The van der Waals surface area contributed by atoms with E-state index in [0.717, 1.165) is 12.2 Å². The Kier molecular flexibility index (Phi) is 3.71. The van der Waals surface area contributed by atoms with Gasteiger partial charge in [0.1, 0.15) is 0 Å². The zero-order valence-electron chi connectivity index (χ0n) is 11.2. The lowest BCUT2D eigenvalue weighted by Gasteiger charge is -2.10. The normalized spacial score (nSPS) is 13.2. The van der Waals surface area contributed by atoms with Crippen LogP contribution in [-0.2, 0) is 13.6 Å². The number of nitrogens with one attached hydrogen (secondary N) is 2. The van der Waals surface area contributed by atoms with Crippen LogP contribution in [-0.4, -0.2) is 30.4 Å². The van der Waals surface area contributed by atoms with Crippen molar-refractivity contribution in [2.45, 2.75) is 39.3 Å². The fraction of sp³-hybridized carbons (Fsp3) is 0.636. The molecular formula is C11H19N7. The Balaban J connectivity index is 2.02. The molecule has 0 aliphatic carbocycles. The summed E-state index contributed by atoms with van der Waals surface area (Å²) in [6, 6.07) is 0.0592. The number of tetrazole rings is 1. The smallest absolute Gasteiger partial charge is 0.191 e. The molecule has 0 fully saturated rings. The van der Waals surface area contributed by atoms with Gasteiger partial charge in [-0.05, 0) is 12.8 Å². The van der Waals surface area contributed by atoms with Gasteiger partial charge in [-0.1, -0.05) is 19.1 Å². The van der Waals surface area contributed by atoms with E-state index in [-0.39, 0.29) is 6.04 Å². The van der Waals surface area contributed by atoms with Gasteiger partial charge < -0.3 is 5.32 Å². The van der Waals surface area contributed by atoms with E-state index in [1.54, 1.807) is 0 Å². The lowest BCUT2D eigenvalue weighted by molar-refractivity contribution is 0.543. The number of nitrogens with zero attached hydrogens (tertiary/aromatic N) is 5. The molecule has 98 valence electrons. The Labute approximate surface area is 106 Å². The molecule has 18 heavy (non-hydrogen) atoms. The van der Waals surface area contributed by atoms with Crippen LogP contribution >= 0.6 is 0 Å². The lowest BCUT2D eigenvalue weighted by atomic mass is 10.1. The zero-order valence-corrected chi connectivity index (χ0v) is 11.2. The SMILES string of the molecule is CC(C)c1nn(C)cc1CNC(C)c1nn[nH]n1. The van der Waals surface area contributed by atoms with Gasteiger partial charge in [0.05, 0.1) is 11.7 Å². The van der Waals surface area contributed by atoms with E-state index < -0.39 is 0 Å². The van der Waals surface area contributed by atoms with Crippen molar-refractivity contribution in [3.05, 3.63) is 23.3 Å². The van der Waals surface area contributed by atoms with Gasteiger partial charge in [0.15, 0.2) is 5.82 Å². The van der Waals surface area contributed by atoms with E-state index in [0.29, 0.717) is 11.7 Å². The van der Waals surface area contributed by atoms with Gasteiger partial charge in [0, 0.05) is 25.4 Å². The van der Waals surface area contributed by atoms with Crippen LogP contribution in [0.25, 0.3) is 0 Å². The summed E-state index contributed by atoms with van der Waals surface area (Å²) in [6.07, 6.45) is 2.05. The highest BCUT2D eigenvalue weighted by Crippen LogP contribution is 2.17. The number of H-pyrrole nitrogens is 1. The van der Waals surface area contributed by atoms with Crippen LogP contribution in [0.3, 0.4) is 0 Å². The van der Waals surface area contributed by atoms with Crippen LogP contribution < -0.4 is 5.32 Å². The van der Waals surface area contributed by atoms with Crippen LogP contribution in [0.15, 0.2) is 6.20 Å². The second-order valence-electron chi connectivity index (χ2n) is 4.74. The molecule has 0 aromatic carbocycles. The predicted octanol–water partition coefficient (Wildman–Crippen LogP) is 0.907. The number of aryl methyl sites for hydroxylation is 1. The molecule has 0 aliphatic heterocycles. The molecule has 1 unspecified atom stereocenters. The van der Waals surface area contributed by atoms with Gasteiger partial charge in [-0.25, -0.2) is 0 Å². The topological polar surface area (TPSA) is 84.3 Å². The summed E-state index contributed by atoms with van der Waals surface area (Å²) in [5.74, 6) is 1.09. The van der Waals surface area contributed by atoms with Crippen molar-refractivity contribution in [1.29, 1.82) is 0 Å². The van der Waals surface area contributed by atoms with Crippen molar-refractivity contribution in [3.63, 3.8) is 0 Å². The summed E-state index contributed by atoms with van der Waals surface area (Å²) in [5, 5.41) is 21.8. The maximum Gasteiger partial charge on any atom is 0.191 e. The Bertz CT molecular complexity index is 485. The van der Waals surface area contributed by atoms with Crippen LogP contribution in [0.5, 0.6) is 0 Å². The Morgan fingerprint density at radius 2 is 2.17 bits per heavy atom. The average Bonchev–Trinajstić information content (AvgIpc) is 2.94. The highest BCUT2D eigenvalue weighted by atomic mass is 15.5. The molecule has 0 bridgehead atoms. The van der Waals surface area contributed by atoms with Crippen LogP contribution in [0.1, 0.15) is 49.8 Å². The van der Waals surface area contributed by atoms with Gasteiger partial charge in [0.25, 0.3) is 0 Å². The largest absolute Gasteiger partial charge is 0.303 e. The molecule has 0 spiro atoms. The van der Waals surface area contributed by atoms with E-state index >= 15 is 0 Å². The van der Waals surface area contributed by atoms with Crippen molar-refractivity contribution in [3.8, 4) is 0 Å². The van der Waals surface area contributed by atoms with Crippen molar-refractivity contribution < 1.29 is 0 Å². The third-order valence-electron chi connectivity index (χ3n) is 2.83. The van der Waals surface area contributed by atoms with Gasteiger partial charge in [0.2, 0.25) is 0 Å². The molecule has 0 aliphatic rings. The molecule has 0 amide bonds. The Morgan fingerprint density at radius 3 is 2.78 bits per heavy atom. The first-order valence-electron chi connectivity index (χ1n) is 6.07. The molecule has 0 saturated heterocycles. The van der Waals surface area contributed by atoms with Crippen molar-refractivity contribution in [2.24, 2.45) is 7.05 Å². The summed E-state index contributed by atoms with van der Waals surface area (Å²) in [5.41, 5.74) is 2.34. The molecule has 2 heterocycles. The summed E-state index contributed by atoms with van der Waals surface area (Å²) in [7, 11) is 1.94. The Hall–Kier alpha value is -1.76. The van der Waals surface area contributed by atoms with Gasteiger partial charge in [-0.2, -0.15) is 10.3 Å². The number of aromatic amines is 1. The first-order valence-corrected chi connectivity index (χ1v) is 6.07. The highest BCUT2D eigenvalue weighted by molar-refractivity contribution is 5.20. The maximum atomic E-state index is 4.48. The summed E-state index contributed by atoms with van der Waals surface area (Å²) < 4.78 is 1.85. The minimum atomic E-state index is 0.0592. The fourth-order valence-corrected chi connectivity index (χ4v) is 1.88. The summed E-state index contributed by atoms with van der Waals surface area (Å²) in [6.45, 7) is 7.05. The van der Waals surface area contributed by atoms with Crippen molar-refractivity contribution in [1.82, 2.24) is 35.7 Å². The van der Waals surface area contributed by atoms with E-state index in [4.69, 9.17) is 0 Å². The zero-order chi connectivity index (χ0) is 13.1. The first-order chi connectivity index (χ1) is 8.58. The number of hydrogen-bond acceptors (Lipinski definition) is 5. The highest BCUT2D eigenvalue weighted by Gasteiger charge is 2.14. The van der Waals surface area contributed by atoms with Gasteiger partial charge in [-0.15, -0.1) is 10.2 Å². The molecule has 2 rings (SSSR count). The molecular weight excluding hydrogens is 230 g/mol. The van der Waals surface area contributed by atoms with E-state index in [9.17, 15) is 0 Å². The number of aromatic nitrogens is 6. The minimum absolute atomic E-state index is 0.0592. The van der Waals surface area contributed by atoms with Crippen molar-refractivity contribution >= 4 is 0 Å².